The molecule has 3 aromatic rings. The smallest absolute Gasteiger partial charge is 0.251 e. The largest absolute Gasteiger partial charge is 0.355 e. The van der Waals surface area contributed by atoms with E-state index in [-0.39, 0.29) is 18.2 Å². The minimum Gasteiger partial charge on any atom is -0.355 e. The number of carbonyl (C=O) groups is 2. The Morgan fingerprint density at radius 3 is 2.62 bits per heavy atom. The van der Waals surface area contributed by atoms with Gasteiger partial charge in [0.05, 0.1) is 0 Å². The number of H-pyrrole nitrogens is 1. The fraction of sp³-hybridized carbons (Fsp3) is 0.238. The van der Waals surface area contributed by atoms with Crippen molar-refractivity contribution >= 4 is 24.0 Å². The third kappa shape index (κ3) is 5.17. The molecule has 0 aliphatic heterocycles. The summed E-state index contributed by atoms with van der Waals surface area (Å²) in [6.07, 6.45) is 0.281. The summed E-state index contributed by atoms with van der Waals surface area (Å²) in [5, 5.41) is 12.6. The second-order valence-electron chi connectivity index (χ2n) is 6.68. The number of hydrogen-bond acceptors (Lipinski definition) is 4. The maximum Gasteiger partial charge on any atom is 0.251 e. The quantitative estimate of drug-likeness (QED) is 0.523. The zero-order chi connectivity index (χ0) is 20.8. The highest BCUT2D eigenvalue weighted by Gasteiger charge is 2.11. The van der Waals surface area contributed by atoms with Crippen LogP contribution in [0.5, 0.6) is 0 Å². The standard InChI is InChI=1S/C21H23N5O2S/c1-14-4-3-5-17(12-14)19-24-25-21(29)26(19)11-10-18(27)23-13-15-6-8-16(9-7-15)20(28)22-2/h3-9,12H,10-11,13H2,1-2H3,(H,22,28)(H,23,27)(H,25,29). The Bertz CT molecular complexity index is 1070. The number of aromatic nitrogens is 3. The van der Waals surface area contributed by atoms with E-state index in [0.717, 1.165) is 22.5 Å². The molecular formula is C21H23N5O2S. The zero-order valence-electron chi connectivity index (χ0n) is 16.4. The fourth-order valence-corrected chi connectivity index (χ4v) is 3.17. The monoisotopic (exact) mass is 409 g/mol. The number of nitrogens with zero attached hydrogens (tertiary/aromatic N) is 2. The van der Waals surface area contributed by atoms with Gasteiger partial charge >= 0.3 is 0 Å². The van der Waals surface area contributed by atoms with Gasteiger partial charge in [-0.15, -0.1) is 0 Å². The van der Waals surface area contributed by atoms with E-state index in [2.05, 4.69) is 20.8 Å². The van der Waals surface area contributed by atoms with Crippen LogP contribution >= 0.6 is 12.2 Å². The average Bonchev–Trinajstić information content (AvgIpc) is 3.11. The van der Waals surface area contributed by atoms with Gasteiger partial charge in [0.15, 0.2) is 10.6 Å². The number of hydrogen-bond donors (Lipinski definition) is 3. The van der Waals surface area contributed by atoms with E-state index in [4.69, 9.17) is 12.2 Å². The van der Waals surface area contributed by atoms with Crippen molar-refractivity contribution in [2.45, 2.75) is 26.4 Å². The Labute approximate surface area is 174 Å². The lowest BCUT2D eigenvalue weighted by Crippen LogP contribution is -2.24. The van der Waals surface area contributed by atoms with Crippen molar-refractivity contribution in [2.24, 2.45) is 0 Å². The second-order valence-corrected chi connectivity index (χ2v) is 7.06. The number of carbonyl (C=O) groups excluding carboxylic acids is 2. The zero-order valence-corrected chi connectivity index (χ0v) is 17.2. The maximum atomic E-state index is 12.3. The Morgan fingerprint density at radius 2 is 1.93 bits per heavy atom. The first-order chi connectivity index (χ1) is 14.0. The predicted molar refractivity (Wildman–Crippen MR) is 114 cm³/mol. The highest BCUT2D eigenvalue weighted by molar-refractivity contribution is 7.71. The van der Waals surface area contributed by atoms with E-state index in [1.165, 1.54) is 0 Å². The SMILES string of the molecule is CNC(=O)c1ccc(CNC(=O)CCn2c(-c3cccc(C)c3)n[nH]c2=S)cc1. The van der Waals surface area contributed by atoms with Crippen molar-refractivity contribution in [2.75, 3.05) is 7.05 Å². The highest BCUT2D eigenvalue weighted by atomic mass is 32.1. The molecule has 1 aromatic heterocycles. The number of nitrogens with one attached hydrogen (secondary N) is 3. The molecule has 2 amide bonds. The van der Waals surface area contributed by atoms with E-state index in [1.807, 2.05) is 47.9 Å². The fourth-order valence-electron chi connectivity index (χ4n) is 2.95. The molecule has 0 unspecified atom stereocenters. The first-order valence-electron chi connectivity index (χ1n) is 9.28. The summed E-state index contributed by atoms with van der Waals surface area (Å²) in [7, 11) is 1.59. The Morgan fingerprint density at radius 1 is 1.17 bits per heavy atom. The van der Waals surface area contributed by atoms with Crippen LogP contribution in [0.15, 0.2) is 48.5 Å². The van der Waals surface area contributed by atoms with Crippen molar-refractivity contribution in [1.82, 2.24) is 25.4 Å². The van der Waals surface area contributed by atoms with Crippen LogP contribution < -0.4 is 10.6 Å². The van der Waals surface area contributed by atoms with Gasteiger partial charge in [0.25, 0.3) is 5.91 Å². The molecule has 0 aliphatic carbocycles. The minimum atomic E-state index is -0.137. The number of amides is 2. The molecule has 29 heavy (non-hydrogen) atoms. The first kappa shape index (κ1) is 20.5. The third-order valence-electron chi connectivity index (χ3n) is 4.53. The molecule has 0 spiro atoms. The summed E-state index contributed by atoms with van der Waals surface area (Å²) in [5.74, 6) is 0.497. The van der Waals surface area contributed by atoms with Crippen molar-refractivity contribution in [3.05, 3.63) is 70.0 Å². The van der Waals surface area contributed by atoms with Crippen molar-refractivity contribution in [1.29, 1.82) is 0 Å². The van der Waals surface area contributed by atoms with Gasteiger partial charge in [-0.2, -0.15) is 5.10 Å². The van der Waals surface area contributed by atoms with Crippen LogP contribution in [0, 0.1) is 11.7 Å². The van der Waals surface area contributed by atoms with Gasteiger partial charge in [-0.05, 0) is 42.9 Å². The first-order valence-corrected chi connectivity index (χ1v) is 9.68. The molecule has 0 saturated heterocycles. The summed E-state index contributed by atoms with van der Waals surface area (Å²) >= 11 is 5.32. The molecule has 0 atom stereocenters. The van der Waals surface area contributed by atoms with E-state index in [1.54, 1.807) is 19.2 Å². The van der Waals surface area contributed by atoms with Gasteiger partial charge < -0.3 is 10.6 Å². The van der Waals surface area contributed by atoms with Crippen LogP contribution in [-0.2, 0) is 17.9 Å². The van der Waals surface area contributed by atoms with Gasteiger partial charge in [-0.3, -0.25) is 19.3 Å². The van der Waals surface area contributed by atoms with Gasteiger partial charge in [0, 0.05) is 37.7 Å². The van der Waals surface area contributed by atoms with Gasteiger partial charge in [0.1, 0.15) is 0 Å². The molecule has 150 valence electrons. The number of rotatable bonds is 7. The minimum absolute atomic E-state index is 0.0846. The second kappa shape index (κ2) is 9.29. The summed E-state index contributed by atoms with van der Waals surface area (Å²) in [5.41, 5.74) is 3.59. The van der Waals surface area contributed by atoms with Crippen LogP contribution in [0.4, 0.5) is 0 Å². The summed E-state index contributed by atoms with van der Waals surface area (Å²) < 4.78 is 2.32. The van der Waals surface area contributed by atoms with E-state index < -0.39 is 0 Å². The Balaban J connectivity index is 1.58. The topological polar surface area (TPSA) is 91.8 Å². The van der Waals surface area contributed by atoms with Crippen molar-refractivity contribution < 1.29 is 9.59 Å². The van der Waals surface area contributed by atoms with Crippen molar-refractivity contribution in [3.8, 4) is 11.4 Å². The van der Waals surface area contributed by atoms with Gasteiger partial charge in [0.2, 0.25) is 5.91 Å². The lowest BCUT2D eigenvalue weighted by Gasteiger charge is -2.09. The van der Waals surface area contributed by atoms with Crippen LogP contribution in [0.3, 0.4) is 0 Å². The van der Waals surface area contributed by atoms with E-state index >= 15 is 0 Å². The molecule has 0 saturated carbocycles. The molecule has 0 radical (unpaired) electrons. The molecule has 3 N–H and O–H groups in total. The lowest BCUT2D eigenvalue weighted by molar-refractivity contribution is -0.121. The molecule has 0 aliphatic rings. The molecule has 8 heteroatoms. The molecule has 3 rings (SSSR count). The molecule has 7 nitrogen and oxygen atoms in total. The van der Waals surface area contributed by atoms with Gasteiger partial charge in [-0.1, -0.05) is 35.9 Å². The number of benzene rings is 2. The number of aromatic amines is 1. The Kier molecular flexibility index (Phi) is 6.56. The predicted octanol–water partition coefficient (Wildman–Crippen LogP) is 2.98. The molecule has 1 heterocycles. The maximum absolute atomic E-state index is 12.3. The van der Waals surface area contributed by atoms with E-state index in [0.29, 0.717) is 23.4 Å². The third-order valence-corrected chi connectivity index (χ3v) is 4.84. The van der Waals surface area contributed by atoms with Crippen LogP contribution in [0.2, 0.25) is 0 Å². The highest BCUT2D eigenvalue weighted by Crippen LogP contribution is 2.18. The van der Waals surface area contributed by atoms with Crippen LogP contribution in [-0.4, -0.2) is 33.6 Å². The Hall–Kier alpha value is -3.26. The summed E-state index contributed by atoms with van der Waals surface area (Å²) in [6.45, 7) is 2.85. The summed E-state index contributed by atoms with van der Waals surface area (Å²) in [6, 6.07) is 15.1. The van der Waals surface area contributed by atoms with E-state index in [9.17, 15) is 9.59 Å². The lowest BCUT2D eigenvalue weighted by atomic mass is 10.1. The molecule has 0 fully saturated rings. The average molecular weight is 410 g/mol. The molecule has 0 bridgehead atoms. The normalized spacial score (nSPS) is 10.6. The molecular weight excluding hydrogens is 386 g/mol. The molecule has 2 aromatic carbocycles. The summed E-state index contributed by atoms with van der Waals surface area (Å²) in [4.78, 5) is 23.9. The van der Waals surface area contributed by atoms with Crippen molar-refractivity contribution in [3.63, 3.8) is 0 Å². The number of aryl methyl sites for hydroxylation is 1. The van der Waals surface area contributed by atoms with Crippen LogP contribution in [0.1, 0.15) is 27.9 Å². The van der Waals surface area contributed by atoms with Gasteiger partial charge in [-0.25, -0.2) is 0 Å². The van der Waals surface area contributed by atoms with Crippen LogP contribution in [0.25, 0.3) is 11.4 Å².